The Morgan fingerprint density at radius 1 is 0.511 bits per heavy atom. The highest BCUT2D eigenvalue weighted by atomic mass is 16.6. The average Bonchev–Trinajstić information content (AvgIpc) is 3.31. The summed E-state index contributed by atoms with van der Waals surface area (Å²) in [5.41, 5.74) is 11.0. The molecule has 1 aliphatic heterocycles. The van der Waals surface area contributed by atoms with Crippen molar-refractivity contribution in [1.82, 2.24) is 9.97 Å². The molecule has 0 fully saturated rings. The lowest BCUT2D eigenvalue weighted by Crippen LogP contribution is -2.15. The predicted octanol–water partition coefficient (Wildman–Crippen LogP) is 10.8. The van der Waals surface area contributed by atoms with Gasteiger partial charge in [-0.25, -0.2) is 9.97 Å². The van der Waals surface area contributed by atoms with Crippen molar-refractivity contribution in [2.45, 2.75) is 19.3 Å². The lowest BCUT2D eigenvalue weighted by atomic mass is 9.82. The highest BCUT2D eigenvalue weighted by Crippen LogP contribution is 2.56. The maximum atomic E-state index is 6.71. The van der Waals surface area contributed by atoms with Gasteiger partial charge in [0, 0.05) is 28.1 Å². The van der Waals surface area contributed by atoms with Crippen LogP contribution in [0.5, 0.6) is 23.0 Å². The molecule has 1 aromatic heterocycles. The number of hydrogen-bond donors (Lipinski definition) is 0. The summed E-state index contributed by atoms with van der Waals surface area (Å²) in [7, 11) is 0. The Bertz CT molecular complexity index is 2310. The van der Waals surface area contributed by atoms with Gasteiger partial charge in [0.25, 0.3) is 0 Å². The molecular formula is C41H28N2O2. The monoisotopic (exact) mass is 580 g/mol. The number of para-hydroxylation sites is 1. The van der Waals surface area contributed by atoms with E-state index in [4.69, 9.17) is 19.4 Å². The fourth-order valence-electron chi connectivity index (χ4n) is 6.91. The van der Waals surface area contributed by atoms with Crippen LogP contribution in [0.4, 0.5) is 0 Å². The number of benzene rings is 6. The average molecular weight is 581 g/mol. The van der Waals surface area contributed by atoms with E-state index in [9.17, 15) is 0 Å². The van der Waals surface area contributed by atoms with E-state index >= 15 is 0 Å². The zero-order valence-electron chi connectivity index (χ0n) is 24.9. The minimum absolute atomic E-state index is 0.123. The first-order valence-electron chi connectivity index (χ1n) is 15.2. The number of aromatic nitrogens is 2. The fraction of sp³-hybridized carbons (Fsp3) is 0.0732. The lowest BCUT2D eigenvalue weighted by Gasteiger charge is -2.26. The molecule has 4 nitrogen and oxygen atoms in total. The Balaban J connectivity index is 1.10. The minimum atomic E-state index is -0.123. The summed E-state index contributed by atoms with van der Waals surface area (Å²) in [6.07, 6.45) is 1.93. The Hall–Kier alpha value is -5.74. The van der Waals surface area contributed by atoms with Gasteiger partial charge in [0.2, 0.25) is 0 Å². The number of fused-ring (bicyclic) bond motifs is 6. The smallest absolute Gasteiger partial charge is 0.177 e. The van der Waals surface area contributed by atoms with Gasteiger partial charge in [0.1, 0.15) is 0 Å². The molecule has 4 heteroatoms. The van der Waals surface area contributed by atoms with Gasteiger partial charge in [0.15, 0.2) is 28.8 Å². The Kier molecular flexibility index (Phi) is 5.51. The van der Waals surface area contributed by atoms with E-state index in [0.29, 0.717) is 5.75 Å². The standard InChI is InChI=1S/C41H28N2O2/c1-41(2)33-18-7-6-15-30(33)31-22-37-38(23-34(31)41)45-39-29(17-10-20-36(39)44-37)27-14-8-13-26(21-27)28-16-9-19-35-32(28)24-42-40(43-35)25-11-4-3-5-12-25/h3-24H,1-2H3. The van der Waals surface area contributed by atoms with Crippen molar-refractivity contribution >= 4 is 10.9 Å². The first-order valence-corrected chi connectivity index (χ1v) is 15.2. The van der Waals surface area contributed by atoms with Gasteiger partial charge in [-0.15, -0.1) is 0 Å². The van der Waals surface area contributed by atoms with Crippen molar-refractivity contribution in [2.24, 2.45) is 0 Å². The van der Waals surface area contributed by atoms with E-state index in [1.165, 1.54) is 22.3 Å². The fourth-order valence-corrected chi connectivity index (χ4v) is 6.91. The van der Waals surface area contributed by atoms with Crippen molar-refractivity contribution in [3.8, 4) is 67.8 Å². The van der Waals surface area contributed by atoms with Crippen molar-refractivity contribution in [3.63, 3.8) is 0 Å². The minimum Gasteiger partial charge on any atom is -0.449 e. The number of hydrogen-bond acceptors (Lipinski definition) is 4. The number of nitrogens with zero attached hydrogens (tertiary/aromatic N) is 2. The maximum absolute atomic E-state index is 6.71. The molecule has 2 aliphatic rings. The summed E-state index contributed by atoms with van der Waals surface area (Å²) in [4.78, 5) is 9.61. The van der Waals surface area contributed by atoms with Crippen molar-refractivity contribution < 1.29 is 9.47 Å². The lowest BCUT2D eigenvalue weighted by molar-refractivity contribution is 0.360. The topological polar surface area (TPSA) is 44.2 Å². The van der Waals surface area contributed by atoms with Crippen LogP contribution in [0.15, 0.2) is 134 Å². The Morgan fingerprint density at radius 2 is 1.20 bits per heavy atom. The first-order chi connectivity index (χ1) is 22.0. The van der Waals surface area contributed by atoms with Crippen LogP contribution in [0.2, 0.25) is 0 Å². The van der Waals surface area contributed by atoms with Gasteiger partial charge in [-0.05, 0) is 69.3 Å². The SMILES string of the molecule is CC1(C)c2ccccc2-c2cc3c(cc21)Oc1c(cccc1-c1cccc(-c2cccc4nc(-c5ccccc5)ncc24)c1)O3. The van der Waals surface area contributed by atoms with E-state index in [2.05, 4.69) is 92.7 Å². The van der Waals surface area contributed by atoms with E-state index in [0.717, 1.165) is 61.8 Å². The maximum Gasteiger partial charge on any atom is 0.177 e. The van der Waals surface area contributed by atoms with E-state index in [-0.39, 0.29) is 5.41 Å². The molecule has 0 saturated heterocycles. The summed E-state index contributed by atoms with van der Waals surface area (Å²) in [5, 5.41) is 1.01. The summed E-state index contributed by atoms with van der Waals surface area (Å²) in [6.45, 7) is 4.55. The van der Waals surface area contributed by atoms with Crippen molar-refractivity contribution in [3.05, 3.63) is 145 Å². The van der Waals surface area contributed by atoms with Crippen LogP contribution in [0.25, 0.3) is 55.7 Å². The molecule has 1 aliphatic carbocycles. The molecule has 7 aromatic rings. The largest absolute Gasteiger partial charge is 0.449 e. The normalized spacial score (nSPS) is 13.6. The third kappa shape index (κ3) is 3.99. The summed E-state index contributed by atoms with van der Waals surface area (Å²) < 4.78 is 13.2. The molecule has 0 atom stereocenters. The molecule has 0 N–H and O–H groups in total. The first kappa shape index (κ1) is 25.7. The third-order valence-corrected chi connectivity index (χ3v) is 9.20. The molecule has 0 saturated carbocycles. The molecule has 45 heavy (non-hydrogen) atoms. The van der Waals surface area contributed by atoms with Gasteiger partial charge < -0.3 is 9.47 Å². The van der Waals surface area contributed by atoms with Crippen LogP contribution in [-0.2, 0) is 5.41 Å². The zero-order valence-corrected chi connectivity index (χ0v) is 24.9. The molecule has 0 amide bonds. The Morgan fingerprint density at radius 3 is 2.09 bits per heavy atom. The second-order valence-electron chi connectivity index (χ2n) is 12.2. The zero-order chi connectivity index (χ0) is 30.1. The number of ether oxygens (including phenoxy) is 2. The molecule has 0 radical (unpaired) electrons. The molecule has 0 spiro atoms. The molecule has 0 bridgehead atoms. The predicted molar refractivity (Wildman–Crippen MR) is 180 cm³/mol. The van der Waals surface area contributed by atoms with Gasteiger partial charge in [-0.3, -0.25) is 0 Å². The van der Waals surface area contributed by atoms with Crippen molar-refractivity contribution in [1.29, 1.82) is 0 Å². The summed E-state index contributed by atoms with van der Waals surface area (Å²) >= 11 is 0. The molecule has 2 heterocycles. The van der Waals surface area contributed by atoms with E-state index in [1.807, 2.05) is 54.7 Å². The highest BCUT2D eigenvalue weighted by Gasteiger charge is 2.37. The van der Waals surface area contributed by atoms with E-state index < -0.39 is 0 Å². The van der Waals surface area contributed by atoms with E-state index in [1.54, 1.807) is 0 Å². The van der Waals surface area contributed by atoms with Gasteiger partial charge in [-0.2, -0.15) is 0 Å². The molecule has 9 rings (SSSR count). The van der Waals surface area contributed by atoms with Gasteiger partial charge >= 0.3 is 0 Å². The van der Waals surface area contributed by atoms with Crippen LogP contribution < -0.4 is 9.47 Å². The summed E-state index contributed by atoms with van der Waals surface area (Å²) in [5.74, 6) is 3.64. The van der Waals surface area contributed by atoms with Crippen LogP contribution in [0.3, 0.4) is 0 Å². The quantitative estimate of drug-likeness (QED) is 0.208. The Labute approximate surface area is 261 Å². The second-order valence-corrected chi connectivity index (χ2v) is 12.2. The molecule has 214 valence electrons. The molecule has 0 unspecified atom stereocenters. The third-order valence-electron chi connectivity index (χ3n) is 9.20. The van der Waals surface area contributed by atoms with Gasteiger partial charge in [-0.1, -0.05) is 111 Å². The highest BCUT2D eigenvalue weighted by molar-refractivity contribution is 5.96. The molecule has 6 aromatic carbocycles. The molecular weight excluding hydrogens is 552 g/mol. The van der Waals surface area contributed by atoms with Crippen LogP contribution in [0, 0.1) is 0 Å². The van der Waals surface area contributed by atoms with Crippen molar-refractivity contribution in [2.75, 3.05) is 0 Å². The van der Waals surface area contributed by atoms with Crippen LogP contribution in [0.1, 0.15) is 25.0 Å². The summed E-state index contributed by atoms with van der Waals surface area (Å²) in [6, 6.07) is 43.9. The second kappa shape index (κ2) is 9.63. The van der Waals surface area contributed by atoms with Gasteiger partial charge in [0.05, 0.1) is 5.52 Å². The van der Waals surface area contributed by atoms with Crippen LogP contribution in [-0.4, -0.2) is 9.97 Å². The number of rotatable bonds is 3. The van der Waals surface area contributed by atoms with Crippen LogP contribution >= 0.6 is 0 Å².